The van der Waals surface area contributed by atoms with Gasteiger partial charge in [-0.2, -0.15) is 0 Å². The standard InChI is InChI=1S/C52H81NO8/c1-6-8-10-12-14-16-18-20-21-22-23-24-25-26-27-28-29-31-33-35-37-39-41-43-50(55)61-48(47-60-52(51(56)57)58-45-44-53(3,4)5)46-59-49(54)42-40-38-36-34-32-30-19-17-15-13-11-9-7-2/h8-11,14-17,20-21,23-24,26-27,29-32,36,38,48,52H,6-7,12-13,18-19,22,25,28,33-35,37,39-47H2,1-5H3/p+1/b10-8-,11-9-,16-14-,17-15-,21-20-,24-23-,27-26-,31-29-,32-30-,38-36-. The average Bonchev–Trinajstić information content (AvgIpc) is 3.22. The summed E-state index contributed by atoms with van der Waals surface area (Å²) in [4.78, 5) is 37.1. The van der Waals surface area contributed by atoms with Crippen molar-refractivity contribution in [3.05, 3.63) is 122 Å². The second-order valence-corrected chi connectivity index (χ2v) is 15.6. The lowest BCUT2D eigenvalue weighted by Crippen LogP contribution is -2.40. The average molecular weight is 849 g/mol. The highest BCUT2D eigenvalue weighted by Gasteiger charge is 2.25. The number of hydrogen-bond acceptors (Lipinski definition) is 7. The van der Waals surface area contributed by atoms with E-state index in [-0.39, 0.29) is 32.7 Å². The number of unbranched alkanes of at least 4 members (excludes halogenated alkanes) is 4. The molecule has 9 heteroatoms. The zero-order valence-corrected chi connectivity index (χ0v) is 38.5. The molecule has 0 amide bonds. The number of ether oxygens (including phenoxy) is 4. The number of hydrogen-bond donors (Lipinski definition) is 1. The quantitative estimate of drug-likeness (QED) is 0.0214. The van der Waals surface area contributed by atoms with Crippen molar-refractivity contribution in [2.24, 2.45) is 0 Å². The topological polar surface area (TPSA) is 108 Å². The van der Waals surface area contributed by atoms with E-state index in [2.05, 4.69) is 123 Å². The fourth-order valence-electron chi connectivity index (χ4n) is 5.26. The minimum Gasteiger partial charge on any atom is -0.477 e. The van der Waals surface area contributed by atoms with Gasteiger partial charge in [-0.25, -0.2) is 4.79 Å². The normalized spacial score (nSPS) is 14.0. The largest absolute Gasteiger partial charge is 0.477 e. The first kappa shape index (κ1) is 56.7. The van der Waals surface area contributed by atoms with Crippen LogP contribution in [0.5, 0.6) is 0 Å². The molecule has 9 nitrogen and oxygen atoms in total. The fraction of sp³-hybridized carbons (Fsp3) is 0.558. The van der Waals surface area contributed by atoms with Crippen LogP contribution >= 0.6 is 0 Å². The molecule has 0 fully saturated rings. The highest BCUT2D eigenvalue weighted by Crippen LogP contribution is 2.10. The van der Waals surface area contributed by atoms with Crippen LogP contribution in [-0.4, -0.2) is 87.4 Å². The lowest BCUT2D eigenvalue weighted by atomic mass is 10.1. The maximum absolute atomic E-state index is 12.8. The highest BCUT2D eigenvalue weighted by atomic mass is 16.7. The number of quaternary nitrogens is 1. The summed E-state index contributed by atoms with van der Waals surface area (Å²) in [6.07, 6.45) is 55.7. The maximum Gasteiger partial charge on any atom is 0.361 e. The Morgan fingerprint density at radius 2 is 0.918 bits per heavy atom. The molecule has 0 saturated carbocycles. The van der Waals surface area contributed by atoms with Gasteiger partial charge in [0.1, 0.15) is 13.2 Å². The number of carbonyl (C=O) groups is 3. The second kappa shape index (κ2) is 42.4. The number of carboxylic acids is 1. The molecule has 0 spiro atoms. The Hall–Kier alpha value is -4.31. The van der Waals surface area contributed by atoms with E-state index >= 15 is 0 Å². The molecule has 0 radical (unpaired) electrons. The zero-order valence-electron chi connectivity index (χ0n) is 38.5. The Balaban J connectivity index is 4.56. The molecule has 0 heterocycles. The summed E-state index contributed by atoms with van der Waals surface area (Å²) in [6.45, 7) is 4.48. The third-order valence-electron chi connectivity index (χ3n) is 8.73. The van der Waals surface area contributed by atoms with E-state index in [1.54, 1.807) is 0 Å². The first-order valence-electron chi connectivity index (χ1n) is 22.7. The summed E-state index contributed by atoms with van der Waals surface area (Å²) in [6, 6.07) is 0. The van der Waals surface area contributed by atoms with Crippen LogP contribution in [0.2, 0.25) is 0 Å². The van der Waals surface area contributed by atoms with Crippen molar-refractivity contribution in [1.82, 2.24) is 0 Å². The first-order valence-corrected chi connectivity index (χ1v) is 22.7. The molecule has 0 aliphatic heterocycles. The molecule has 0 aliphatic carbocycles. The maximum atomic E-state index is 12.8. The van der Waals surface area contributed by atoms with Crippen LogP contribution < -0.4 is 0 Å². The zero-order chi connectivity index (χ0) is 44.9. The Labute approximate surface area is 370 Å². The van der Waals surface area contributed by atoms with E-state index in [0.717, 1.165) is 89.9 Å². The van der Waals surface area contributed by atoms with Gasteiger partial charge in [0.15, 0.2) is 6.10 Å². The minimum absolute atomic E-state index is 0.164. The van der Waals surface area contributed by atoms with Gasteiger partial charge < -0.3 is 28.5 Å². The molecule has 342 valence electrons. The fourth-order valence-corrected chi connectivity index (χ4v) is 5.26. The van der Waals surface area contributed by atoms with Crippen molar-refractivity contribution in [3.63, 3.8) is 0 Å². The van der Waals surface area contributed by atoms with E-state index in [4.69, 9.17) is 18.9 Å². The van der Waals surface area contributed by atoms with Crippen molar-refractivity contribution in [1.29, 1.82) is 0 Å². The van der Waals surface area contributed by atoms with Crippen LogP contribution in [0.15, 0.2) is 122 Å². The van der Waals surface area contributed by atoms with E-state index in [1.807, 2.05) is 33.3 Å². The van der Waals surface area contributed by atoms with Crippen LogP contribution in [0.25, 0.3) is 0 Å². The molecule has 1 N–H and O–H groups in total. The monoisotopic (exact) mass is 849 g/mol. The van der Waals surface area contributed by atoms with Gasteiger partial charge in [0, 0.05) is 12.8 Å². The molecule has 0 saturated heterocycles. The molecular weight excluding hydrogens is 767 g/mol. The molecule has 2 atom stereocenters. The molecule has 0 aliphatic rings. The molecule has 0 aromatic heterocycles. The van der Waals surface area contributed by atoms with Gasteiger partial charge in [0.2, 0.25) is 0 Å². The lowest BCUT2D eigenvalue weighted by Gasteiger charge is -2.25. The summed E-state index contributed by atoms with van der Waals surface area (Å²) in [7, 11) is 5.91. The Morgan fingerprint density at radius 1 is 0.492 bits per heavy atom. The summed E-state index contributed by atoms with van der Waals surface area (Å²) in [5.41, 5.74) is 0. The van der Waals surface area contributed by atoms with Gasteiger partial charge in [-0.05, 0) is 89.9 Å². The molecule has 0 aromatic carbocycles. The van der Waals surface area contributed by atoms with E-state index in [9.17, 15) is 19.5 Å². The smallest absolute Gasteiger partial charge is 0.361 e. The van der Waals surface area contributed by atoms with Crippen molar-refractivity contribution in [3.8, 4) is 0 Å². The van der Waals surface area contributed by atoms with Crippen molar-refractivity contribution < 1.29 is 42.9 Å². The third kappa shape index (κ3) is 43.6. The third-order valence-corrected chi connectivity index (χ3v) is 8.73. The Morgan fingerprint density at radius 3 is 1.36 bits per heavy atom. The van der Waals surface area contributed by atoms with Crippen LogP contribution in [-0.2, 0) is 33.3 Å². The minimum atomic E-state index is -1.54. The number of likely N-dealkylation sites (N-methyl/N-ethyl adjacent to an activating group) is 1. The summed E-state index contributed by atoms with van der Waals surface area (Å²) >= 11 is 0. The van der Waals surface area contributed by atoms with Gasteiger partial charge in [-0.15, -0.1) is 0 Å². The van der Waals surface area contributed by atoms with Gasteiger partial charge in [0.25, 0.3) is 6.29 Å². The van der Waals surface area contributed by atoms with Crippen LogP contribution in [0.1, 0.15) is 129 Å². The number of carbonyl (C=O) groups excluding carboxylic acids is 2. The van der Waals surface area contributed by atoms with Gasteiger partial charge >= 0.3 is 17.9 Å². The molecule has 0 aromatic rings. The number of rotatable bonds is 39. The van der Waals surface area contributed by atoms with Crippen molar-refractivity contribution in [2.45, 2.75) is 142 Å². The summed E-state index contributed by atoms with van der Waals surface area (Å²) in [5.74, 6) is -2.17. The van der Waals surface area contributed by atoms with E-state index in [1.165, 1.54) is 0 Å². The van der Waals surface area contributed by atoms with Gasteiger partial charge in [-0.3, -0.25) is 9.59 Å². The Kier molecular flexibility index (Phi) is 39.4. The lowest BCUT2D eigenvalue weighted by molar-refractivity contribution is -0.870. The van der Waals surface area contributed by atoms with Crippen LogP contribution in [0.4, 0.5) is 0 Å². The van der Waals surface area contributed by atoms with Crippen molar-refractivity contribution in [2.75, 3.05) is 47.5 Å². The number of carboxylic acid groups (broad SMARTS) is 1. The highest BCUT2D eigenvalue weighted by molar-refractivity contribution is 5.71. The van der Waals surface area contributed by atoms with E-state index < -0.39 is 30.3 Å². The molecule has 0 bridgehead atoms. The molecule has 2 unspecified atom stereocenters. The van der Waals surface area contributed by atoms with Crippen LogP contribution in [0, 0.1) is 0 Å². The number of allylic oxidation sites excluding steroid dienone is 20. The molecule has 61 heavy (non-hydrogen) atoms. The second-order valence-electron chi connectivity index (χ2n) is 15.6. The SMILES string of the molecule is CC/C=C\C/C=C\C/C=C\C/C=C\C/C=C\C/C=C\CCCCCCC(=O)OC(COC(=O)CC/C=C\C/C=C\C/C=C\C/C=C\CC)COC(OCC[N+](C)(C)C)C(=O)O. The summed E-state index contributed by atoms with van der Waals surface area (Å²) < 4.78 is 22.6. The Bertz CT molecular complexity index is 1410. The first-order chi connectivity index (χ1) is 29.6. The van der Waals surface area contributed by atoms with E-state index in [0.29, 0.717) is 23.9 Å². The predicted octanol–water partition coefficient (Wildman–Crippen LogP) is 12.2. The van der Waals surface area contributed by atoms with Crippen LogP contribution in [0.3, 0.4) is 0 Å². The number of nitrogens with zero attached hydrogens (tertiary/aromatic N) is 1. The molecular formula is C52H82NO8+. The number of aliphatic carboxylic acids is 1. The van der Waals surface area contributed by atoms with Gasteiger partial charge in [0.05, 0.1) is 34.4 Å². The van der Waals surface area contributed by atoms with Gasteiger partial charge in [-0.1, -0.05) is 148 Å². The number of esters is 2. The van der Waals surface area contributed by atoms with Crippen molar-refractivity contribution >= 4 is 17.9 Å². The summed E-state index contributed by atoms with van der Waals surface area (Å²) in [5, 5.41) is 9.63. The predicted molar refractivity (Wildman–Crippen MR) is 253 cm³/mol. The molecule has 0 rings (SSSR count).